The molecule has 1 aliphatic carbocycles. The van der Waals surface area contributed by atoms with Gasteiger partial charge in [-0.05, 0) is 35.9 Å². The van der Waals surface area contributed by atoms with E-state index in [9.17, 15) is 4.79 Å². The van der Waals surface area contributed by atoms with Crippen molar-refractivity contribution in [2.45, 2.75) is 18.8 Å². The maximum atomic E-state index is 12.8. The molecule has 2 aromatic heterocycles. The van der Waals surface area contributed by atoms with Gasteiger partial charge in [-0.2, -0.15) is 9.61 Å². The monoisotopic (exact) mass is 471 g/mol. The molecule has 0 bridgehead atoms. The number of fused-ring (bicyclic) bond motifs is 1. The molecule has 2 heterocycles. The molecule has 8 heteroatoms. The summed E-state index contributed by atoms with van der Waals surface area (Å²) in [6.07, 6.45) is 3.59. The molecule has 1 aliphatic rings. The number of carbonyl (C=O) groups excluding carboxylic acids is 1. The minimum atomic E-state index is 0.116. The summed E-state index contributed by atoms with van der Waals surface area (Å²) in [5.41, 5.74) is 4.75. The molecule has 1 N–H and O–H groups in total. The molecule has 172 valence electrons. The lowest BCUT2D eigenvalue weighted by molar-refractivity contribution is -0.131. The van der Waals surface area contributed by atoms with Gasteiger partial charge in [-0.3, -0.25) is 4.79 Å². The van der Waals surface area contributed by atoms with Crippen LogP contribution in [-0.2, 0) is 4.79 Å². The van der Waals surface area contributed by atoms with Gasteiger partial charge in [0.05, 0.1) is 5.69 Å². The van der Waals surface area contributed by atoms with Crippen molar-refractivity contribution >= 4 is 42.3 Å². The summed E-state index contributed by atoms with van der Waals surface area (Å²) in [6.45, 7) is 1.41. The highest BCUT2D eigenvalue weighted by molar-refractivity contribution is 6.36. The standard InChI is InChI=1S/C26H27BClN5O/c1-32(26(34)20-14-19(20)17-8-3-2-4-9-17)13-7-12-29-24-15-23(18-10-5-6-11-22(18)28)31-25-21(27)16-30-33(24)25/h2-6,8-11,15-16,19-20,29H,7,12-14,27H2,1H3/t19-,20+/m0/s1. The lowest BCUT2D eigenvalue weighted by Gasteiger charge is -2.18. The van der Waals surface area contributed by atoms with Crippen LogP contribution >= 0.6 is 11.6 Å². The molecule has 2 aromatic carbocycles. The second-order valence-corrected chi connectivity index (χ2v) is 9.38. The molecule has 5 rings (SSSR count). The molecular formula is C26H27BClN5O. The number of aromatic nitrogens is 3. The number of carbonyl (C=O) groups is 1. The lowest BCUT2D eigenvalue weighted by atomic mass is 10.0. The molecule has 0 aliphatic heterocycles. The van der Waals surface area contributed by atoms with Gasteiger partial charge >= 0.3 is 0 Å². The van der Waals surface area contributed by atoms with Crippen LogP contribution in [0.2, 0.25) is 5.02 Å². The average molecular weight is 472 g/mol. The zero-order valence-corrected chi connectivity index (χ0v) is 20.2. The van der Waals surface area contributed by atoms with E-state index in [2.05, 4.69) is 22.5 Å². The first-order chi connectivity index (χ1) is 16.5. The summed E-state index contributed by atoms with van der Waals surface area (Å²) in [4.78, 5) is 19.5. The Balaban J connectivity index is 1.22. The Labute approximate surface area is 205 Å². The number of nitrogens with one attached hydrogen (secondary N) is 1. The summed E-state index contributed by atoms with van der Waals surface area (Å²) >= 11 is 6.43. The highest BCUT2D eigenvalue weighted by Gasteiger charge is 2.44. The van der Waals surface area contributed by atoms with Crippen LogP contribution in [0.15, 0.2) is 66.9 Å². The van der Waals surface area contributed by atoms with Crippen LogP contribution in [-0.4, -0.2) is 53.4 Å². The second-order valence-electron chi connectivity index (χ2n) is 8.97. The number of rotatable bonds is 8. The number of amides is 1. The molecule has 1 saturated carbocycles. The van der Waals surface area contributed by atoms with Crippen molar-refractivity contribution in [2.24, 2.45) is 5.92 Å². The number of benzene rings is 2. The molecule has 0 unspecified atom stereocenters. The molecule has 34 heavy (non-hydrogen) atoms. The Kier molecular flexibility index (Phi) is 6.29. The average Bonchev–Trinajstić information content (AvgIpc) is 3.58. The predicted molar refractivity (Wildman–Crippen MR) is 140 cm³/mol. The van der Waals surface area contributed by atoms with Crippen molar-refractivity contribution in [1.82, 2.24) is 19.5 Å². The van der Waals surface area contributed by atoms with Crippen LogP contribution in [0.3, 0.4) is 0 Å². The third kappa shape index (κ3) is 4.53. The van der Waals surface area contributed by atoms with E-state index in [1.807, 2.05) is 79.0 Å². The van der Waals surface area contributed by atoms with Gasteiger partial charge in [0.15, 0.2) is 5.65 Å². The summed E-state index contributed by atoms with van der Waals surface area (Å²) in [6, 6.07) is 20.0. The van der Waals surface area contributed by atoms with Gasteiger partial charge in [-0.15, -0.1) is 0 Å². The maximum absolute atomic E-state index is 12.8. The fourth-order valence-corrected chi connectivity index (χ4v) is 4.70. The van der Waals surface area contributed by atoms with E-state index < -0.39 is 0 Å². The van der Waals surface area contributed by atoms with Gasteiger partial charge in [0.1, 0.15) is 13.7 Å². The van der Waals surface area contributed by atoms with Crippen LogP contribution in [0.4, 0.5) is 5.82 Å². The zero-order chi connectivity index (χ0) is 23.7. The number of halogens is 1. The number of hydrogen-bond acceptors (Lipinski definition) is 4. The lowest BCUT2D eigenvalue weighted by Crippen LogP contribution is -2.30. The Hall–Kier alpha value is -3.32. The van der Waals surface area contributed by atoms with Crippen molar-refractivity contribution < 1.29 is 4.79 Å². The van der Waals surface area contributed by atoms with Crippen molar-refractivity contribution in [3.8, 4) is 11.3 Å². The van der Waals surface area contributed by atoms with E-state index in [1.165, 1.54) is 5.56 Å². The fraction of sp³-hybridized carbons (Fsp3) is 0.269. The summed E-state index contributed by atoms with van der Waals surface area (Å²) in [7, 11) is 3.90. The molecule has 2 atom stereocenters. The molecule has 1 amide bonds. The Morgan fingerprint density at radius 3 is 2.76 bits per heavy atom. The van der Waals surface area contributed by atoms with Gasteiger partial charge in [0, 0.05) is 48.9 Å². The van der Waals surface area contributed by atoms with E-state index in [0.29, 0.717) is 24.0 Å². The molecule has 1 fully saturated rings. The first-order valence-corrected chi connectivity index (χ1v) is 12.0. The quantitative estimate of drug-likeness (QED) is 0.316. The van der Waals surface area contributed by atoms with Gasteiger partial charge in [0.25, 0.3) is 0 Å². The van der Waals surface area contributed by atoms with Gasteiger partial charge < -0.3 is 10.2 Å². The third-order valence-electron chi connectivity index (χ3n) is 6.49. The molecule has 6 nitrogen and oxygen atoms in total. The SMILES string of the molecule is Bc1cnn2c(NCCCN(C)C(=O)[C@@H]3C[C@H]3c3ccccc3)cc(-c3ccccc3Cl)nc12. The minimum absolute atomic E-state index is 0.116. The van der Waals surface area contributed by atoms with E-state index in [1.54, 1.807) is 0 Å². The van der Waals surface area contributed by atoms with Crippen molar-refractivity contribution in [3.63, 3.8) is 0 Å². The minimum Gasteiger partial charge on any atom is -0.370 e. The zero-order valence-electron chi connectivity index (χ0n) is 19.4. The Morgan fingerprint density at radius 1 is 1.21 bits per heavy atom. The Bertz CT molecular complexity index is 1330. The normalized spacial score (nSPS) is 17.0. The predicted octanol–water partition coefficient (Wildman–Crippen LogP) is 3.37. The number of anilines is 1. The van der Waals surface area contributed by atoms with Crippen molar-refractivity contribution in [2.75, 3.05) is 25.5 Å². The molecule has 0 radical (unpaired) electrons. The number of hydrogen-bond donors (Lipinski definition) is 1. The summed E-state index contributed by atoms with van der Waals surface area (Å²) in [5.74, 6) is 1.58. The van der Waals surface area contributed by atoms with E-state index >= 15 is 0 Å². The third-order valence-corrected chi connectivity index (χ3v) is 6.82. The molecule has 0 saturated heterocycles. The summed E-state index contributed by atoms with van der Waals surface area (Å²) in [5, 5.41) is 8.63. The summed E-state index contributed by atoms with van der Waals surface area (Å²) < 4.78 is 1.82. The van der Waals surface area contributed by atoms with Crippen LogP contribution in [0, 0.1) is 5.92 Å². The maximum Gasteiger partial charge on any atom is 0.226 e. The highest BCUT2D eigenvalue weighted by Crippen LogP contribution is 2.48. The van der Waals surface area contributed by atoms with E-state index in [4.69, 9.17) is 16.6 Å². The smallest absolute Gasteiger partial charge is 0.226 e. The van der Waals surface area contributed by atoms with Gasteiger partial charge in [-0.1, -0.05) is 60.1 Å². The van der Waals surface area contributed by atoms with E-state index in [-0.39, 0.29) is 11.8 Å². The van der Waals surface area contributed by atoms with Crippen LogP contribution in [0.25, 0.3) is 16.9 Å². The topological polar surface area (TPSA) is 62.5 Å². The number of nitrogens with zero attached hydrogens (tertiary/aromatic N) is 4. The van der Waals surface area contributed by atoms with Gasteiger partial charge in [-0.25, -0.2) is 4.98 Å². The van der Waals surface area contributed by atoms with Crippen LogP contribution in [0.1, 0.15) is 24.3 Å². The van der Waals surface area contributed by atoms with Crippen molar-refractivity contribution in [3.05, 3.63) is 77.4 Å². The largest absolute Gasteiger partial charge is 0.370 e. The Morgan fingerprint density at radius 2 is 1.97 bits per heavy atom. The highest BCUT2D eigenvalue weighted by atomic mass is 35.5. The molecule has 0 spiro atoms. The second kappa shape index (κ2) is 9.51. The van der Waals surface area contributed by atoms with Gasteiger partial charge in [0.2, 0.25) is 5.91 Å². The molecule has 4 aromatic rings. The van der Waals surface area contributed by atoms with E-state index in [0.717, 1.165) is 41.0 Å². The first kappa shape index (κ1) is 22.5. The van der Waals surface area contributed by atoms with Crippen LogP contribution in [0.5, 0.6) is 0 Å². The molecular weight excluding hydrogens is 445 g/mol. The first-order valence-electron chi connectivity index (χ1n) is 11.7. The van der Waals surface area contributed by atoms with Crippen molar-refractivity contribution in [1.29, 1.82) is 0 Å². The van der Waals surface area contributed by atoms with Crippen LogP contribution < -0.4 is 10.8 Å². The fourth-order valence-electron chi connectivity index (χ4n) is 4.47.